The van der Waals surface area contributed by atoms with E-state index >= 15 is 0 Å². The third-order valence-electron chi connectivity index (χ3n) is 6.26. The third kappa shape index (κ3) is 0.991. The summed E-state index contributed by atoms with van der Waals surface area (Å²) in [4.78, 5) is 4.72. The summed E-state index contributed by atoms with van der Waals surface area (Å²) in [6.45, 7) is 0.994. The van der Waals surface area contributed by atoms with Crippen LogP contribution in [0.1, 0.15) is 37.8 Å². The maximum atomic E-state index is 6.09. The van der Waals surface area contributed by atoms with Gasteiger partial charge in [-0.3, -0.25) is 4.98 Å². The first kappa shape index (κ1) is 9.96. The molecule has 4 saturated carbocycles. The highest BCUT2D eigenvalue weighted by molar-refractivity contribution is 5.34. The zero-order valence-corrected chi connectivity index (χ0v) is 10.6. The highest BCUT2D eigenvalue weighted by Crippen LogP contribution is 2.70. The molecule has 1 spiro atoms. The topological polar surface area (TPSA) is 25.4 Å². The first-order chi connectivity index (χ1) is 8.82. The van der Waals surface area contributed by atoms with Gasteiger partial charge in [-0.05, 0) is 62.0 Å². The summed E-state index contributed by atoms with van der Waals surface area (Å²) >= 11 is 0. The van der Waals surface area contributed by atoms with Crippen molar-refractivity contribution in [3.63, 3.8) is 0 Å². The summed E-state index contributed by atoms with van der Waals surface area (Å²) in [7, 11) is 0. The molecule has 0 aromatic carbocycles. The molecule has 2 nitrogen and oxygen atoms in total. The number of rotatable bonds is 1. The Labute approximate surface area is 108 Å². The molecule has 1 saturated heterocycles. The minimum absolute atomic E-state index is 0.189. The van der Waals surface area contributed by atoms with Crippen molar-refractivity contribution in [3.8, 4) is 0 Å². The first-order valence-electron chi connectivity index (χ1n) is 7.38. The van der Waals surface area contributed by atoms with E-state index in [9.17, 15) is 0 Å². The van der Waals surface area contributed by atoms with Gasteiger partial charge in [-0.1, -0.05) is 6.07 Å². The first-order valence-corrected chi connectivity index (χ1v) is 7.38. The van der Waals surface area contributed by atoms with Crippen molar-refractivity contribution in [2.45, 2.75) is 43.1 Å². The molecular weight excluding hydrogens is 222 g/mol. The predicted octanol–water partition coefficient (Wildman–Crippen LogP) is 2.93. The lowest BCUT2D eigenvalue weighted by molar-refractivity contribution is -0.0811. The molecule has 2 heterocycles. The fourth-order valence-electron chi connectivity index (χ4n) is 5.75. The van der Waals surface area contributed by atoms with Gasteiger partial charge in [0.2, 0.25) is 0 Å². The molecule has 0 N–H and O–H groups in total. The van der Waals surface area contributed by atoms with Crippen molar-refractivity contribution in [2.75, 3.05) is 6.61 Å². The predicted molar refractivity (Wildman–Crippen MR) is 68.2 cm³/mol. The number of hydrogen-bond donors (Lipinski definition) is 0. The van der Waals surface area contributed by atoms with Crippen molar-refractivity contribution in [3.05, 3.63) is 30.1 Å². The molecule has 5 aliphatic rings. The van der Waals surface area contributed by atoms with Gasteiger partial charge < -0.3 is 4.74 Å². The normalized spacial score (nSPS) is 51.9. The lowest BCUT2D eigenvalue weighted by Gasteiger charge is -2.60. The second-order valence-corrected chi connectivity index (χ2v) is 7.02. The highest BCUT2D eigenvalue weighted by atomic mass is 16.6. The summed E-state index contributed by atoms with van der Waals surface area (Å²) in [5.74, 6) is 2.71. The minimum atomic E-state index is 0.189. The Morgan fingerprint density at radius 1 is 1.11 bits per heavy atom. The summed E-state index contributed by atoms with van der Waals surface area (Å²) in [5.41, 5.74) is 1.78. The summed E-state index contributed by atoms with van der Waals surface area (Å²) < 4.78 is 6.09. The Hall–Kier alpha value is -0.890. The number of nitrogens with zero attached hydrogens (tertiary/aromatic N) is 1. The number of ether oxygens (including phenoxy) is 1. The lowest BCUT2D eigenvalue weighted by Crippen LogP contribution is -2.61. The molecule has 5 atom stereocenters. The fourth-order valence-corrected chi connectivity index (χ4v) is 5.75. The van der Waals surface area contributed by atoms with Crippen molar-refractivity contribution in [1.29, 1.82) is 0 Å². The second-order valence-electron chi connectivity index (χ2n) is 7.02. The van der Waals surface area contributed by atoms with Crippen LogP contribution in [0.3, 0.4) is 0 Å². The van der Waals surface area contributed by atoms with Crippen LogP contribution in [0, 0.1) is 17.8 Å². The molecular formula is C16H19NO. The number of pyridine rings is 1. The van der Waals surface area contributed by atoms with E-state index in [-0.39, 0.29) is 11.0 Å². The lowest BCUT2D eigenvalue weighted by atomic mass is 9.44. The van der Waals surface area contributed by atoms with Gasteiger partial charge in [0.25, 0.3) is 0 Å². The van der Waals surface area contributed by atoms with Crippen molar-refractivity contribution < 1.29 is 4.74 Å². The Morgan fingerprint density at radius 2 is 1.89 bits per heavy atom. The van der Waals surface area contributed by atoms with Crippen molar-refractivity contribution in [1.82, 2.24) is 4.98 Å². The fraction of sp³-hybridized carbons (Fsp3) is 0.688. The molecule has 2 heteroatoms. The second kappa shape index (κ2) is 2.98. The van der Waals surface area contributed by atoms with Gasteiger partial charge in [0.1, 0.15) is 5.60 Å². The van der Waals surface area contributed by atoms with Crippen LogP contribution in [-0.2, 0) is 10.2 Å². The molecule has 1 aromatic heterocycles. The Balaban J connectivity index is 1.70. The van der Waals surface area contributed by atoms with E-state index in [0.717, 1.165) is 24.4 Å². The smallest absolute Gasteiger partial charge is 0.106 e. The zero-order valence-electron chi connectivity index (χ0n) is 10.6. The van der Waals surface area contributed by atoms with Gasteiger partial charge in [-0.15, -0.1) is 0 Å². The van der Waals surface area contributed by atoms with Crippen LogP contribution in [-0.4, -0.2) is 17.2 Å². The van der Waals surface area contributed by atoms with Gasteiger partial charge in [0.15, 0.2) is 0 Å². The monoisotopic (exact) mass is 241 g/mol. The van der Waals surface area contributed by atoms with E-state index in [2.05, 4.69) is 12.1 Å². The molecule has 6 rings (SSSR count). The van der Waals surface area contributed by atoms with E-state index in [0.29, 0.717) is 0 Å². The molecule has 0 radical (unpaired) electrons. The standard InChI is InChI=1S/C16H19NO/c1-2-4-17-14(3-1)15-8-11-5-12(9-15)7-13(6-11)16(15)10-18-16/h1-4,11-13H,5-10H2/t11-,12+,13?,15?,16?. The zero-order chi connectivity index (χ0) is 11.8. The maximum absolute atomic E-state index is 6.09. The quantitative estimate of drug-likeness (QED) is 0.706. The molecule has 94 valence electrons. The number of hydrogen-bond acceptors (Lipinski definition) is 2. The molecule has 1 aliphatic heterocycles. The third-order valence-corrected chi connectivity index (χ3v) is 6.26. The molecule has 1 aromatic rings. The van der Waals surface area contributed by atoms with Crippen LogP contribution >= 0.6 is 0 Å². The van der Waals surface area contributed by atoms with Crippen molar-refractivity contribution in [2.24, 2.45) is 17.8 Å². The average molecular weight is 241 g/mol. The minimum Gasteiger partial charge on any atom is -0.368 e. The van der Waals surface area contributed by atoms with Gasteiger partial charge in [-0.2, -0.15) is 0 Å². The summed E-state index contributed by atoms with van der Waals surface area (Å²) in [6, 6.07) is 6.43. The van der Waals surface area contributed by atoms with E-state index in [4.69, 9.17) is 9.72 Å². The van der Waals surface area contributed by atoms with Crippen LogP contribution in [0.5, 0.6) is 0 Å². The largest absolute Gasteiger partial charge is 0.368 e. The van der Waals surface area contributed by atoms with Crippen LogP contribution < -0.4 is 0 Å². The number of epoxide rings is 1. The van der Waals surface area contributed by atoms with E-state index in [1.807, 2.05) is 12.3 Å². The Kier molecular flexibility index (Phi) is 1.65. The van der Waals surface area contributed by atoms with E-state index in [1.165, 1.54) is 37.8 Å². The van der Waals surface area contributed by atoms with Crippen molar-refractivity contribution >= 4 is 0 Å². The SMILES string of the molecule is c1ccc(C23C[C@@H]4CC(C[C@@H](C4)C2)C32CO2)nc1. The Bertz CT molecular complexity index is 479. The molecule has 5 fully saturated rings. The van der Waals surface area contributed by atoms with Gasteiger partial charge in [0, 0.05) is 17.3 Å². The van der Waals surface area contributed by atoms with Gasteiger partial charge >= 0.3 is 0 Å². The van der Waals surface area contributed by atoms with Crippen LogP contribution in [0.25, 0.3) is 0 Å². The molecule has 4 bridgehead atoms. The van der Waals surface area contributed by atoms with Gasteiger partial charge in [0.05, 0.1) is 6.61 Å². The van der Waals surface area contributed by atoms with Crippen LogP contribution in [0.15, 0.2) is 24.4 Å². The van der Waals surface area contributed by atoms with Crippen LogP contribution in [0.2, 0.25) is 0 Å². The molecule has 3 unspecified atom stereocenters. The summed E-state index contributed by atoms with van der Waals surface area (Å²) in [6.07, 6.45) is 8.94. The molecule has 4 aliphatic carbocycles. The Morgan fingerprint density at radius 3 is 2.50 bits per heavy atom. The molecule has 18 heavy (non-hydrogen) atoms. The number of aromatic nitrogens is 1. The van der Waals surface area contributed by atoms with Gasteiger partial charge in [-0.25, -0.2) is 0 Å². The summed E-state index contributed by atoms with van der Waals surface area (Å²) in [5, 5.41) is 0. The molecule has 0 amide bonds. The highest BCUT2D eigenvalue weighted by Gasteiger charge is 2.73. The van der Waals surface area contributed by atoms with E-state index < -0.39 is 0 Å². The van der Waals surface area contributed by atoms with E-state index in [1.54, 1.807) is 0 Å². The maximum Gasteiger partial charge on any atom is 0.106 e. The van der Waals surface area contributed by atoms with Crippen LogP contribution in [0.4, 0.5) is 0 Å². The average Bonchev–Trinajstić information content (AvgIpc) is 3.18.